The van der Waals surface area contributed by atoms with E-state index in [0.717, 1.165) is 29.9 Å². The number of nitrogens with zero attached hydrogens (tertiary/aromatic N) is 2. The number of amides is 1. The van der Waals surface area contributed by atoms with E-state index in [0.29, 0.717) is 5.56 Å². The van der Waals surface area contributed by atoms with Crippen LogP contribution in [0.5, 0.6) is 0 Å². The average Bonchev–Trinajstić information content (AvgIpc) is 3.08. The minimum atomic E-state index is -0.142. The number of pyridine rings is 1. The predicted molar refractivity (Wildman–Crippen MR) is 101 cm³/mol. The average molecular weight is 329 g/mol. The summed E-state index contributed by atoms with van der Waals surface area (Å²) in [6.45, 7) is 2.88. The molecular formula is C21H19N3O. The van der Waals surface area contributed by atoms with E-state index in [4.69, 9.17) is 0 Å². The van der Waals surface area contributed by atoms with Gasteiger partial charge in [-0.15, -0.1) is 0 Å². The smallest absolute Gasteiger partial charge is 0.257 e. The summed E-state index contributed by atoms with van der Waals surface area (Å²) < 4.78 is 0. The molecule has 4 rings (SSSR count). The standard InChI is InChI=1S/C21H19N3O/c1-15-6-2-4-8-19(15)23-21(25)17-12-18(14-22-13-17)24-11-10-16-7-3-5-9-20(16)24/h2-9,12-14H,10-11H2,1H3,(H,23,25). The molecule has 124 valence electrons. The van der Waals surface area contributed by atoms with Crippen LogP contribution in [0.4, 0.5) is 17.1 Å². The third-order valence-electron chi connectivity index (χ3n) is 4.58. The normalized spacial score (nSPS) is 12.8. The maximum atomic E-state index is 12.6. The Bertz CT molecular complexity index is 936. The number of hydrogen-bond donors (Lipinski definition) is 1. The summed E-state index contributed by atoms with van der Waals surface area (Å²) >= 11 is 0. The van der Waals surface area contributed by atoms with Crippen LogP contribution in [0.1, 0.15) is 21.5 Å². The van der Waals surface area contributed by atoms with Crippen LogP contribution < -0.4 is 10.2 Å². The zero-order chi connectivity index (χ0) is 17.2. The van der Waals surface area contributed by atoms with Crippen molar-refractivity contribution in [3.63, 3.8) is 0 Å². The number of nitrogens with one attached hydrogen (secondary N) is 1. The molecule has 0 fully saturated rings. The van der Waals surface area contributed by atoms with E-state index in [1.165, 1.54) is 11.3 Å². The zero-order valence-corrected chi connectivity index (χ0v) is 14.1. The van der Waals surface area contributed by atoms with Crippen molar-refractivity contribution in [2.75, 3.05) is 16.8 Å². The molecule has 0 radical (unpaired) electrons. The Morgan fingerprint density at radius 3 is 2.76 bits per heavy atom. The van der Waals surface area contributed by atoms with Gasteiger partial charge in [-0.2, -0.15) is 0 Å². The van der Waals surface area contributed by atoms with E-state index in [1.807, 2.05) is 49.5 Å². The molecule has 1 amide bonds. The van der Waals surface area contributed by atoms with Crippen LogP contribution in [0.3, 0.4) is 0 Å². The van der Waals surface area contributed by atoms with Gasteiger partial charge in [0.1, 0.15) is 0 Å². The number of aromatic nitrogens is 1. The van der Waals surface area contributed by atoms with E-state index in [2.05, 4.69) is 33.4 Å². The Balaban J connectivity index is 1.60. The monoisotopic (exact) mass is 329 g/mol. The van der Waals surface area contributed by atoms with Crippen LogP contribution >= 0.6 is 0 Å². The molecule has 1 N–H and O–H groups in total. The van der Waals surface area contributed by atoms with Gasteiger partial charge in [-0.1, -0.05) is 36.4 Å². The Kier molecular flexibility index (Phi) is 3.94. The number of fused-ring (bicyclic) bond motifs is 1. The highest BCUT2D eigenvalue weighted by atomic mass is 16.1. The Morgan fingerprint density at radius 1 is 1.08 bits per heavy atom. The number of para-hydroxylation sites is 2. The molecule has 0 saturated carbocycles. The fourth-order valence-electron chi connectivity index (χ4n) is 3.21. The first-order valence-electron chi connectivity index (χ1n) is 8.40. The van der Waals surface area contributed by atoms with Gasteiger partial charge in [0.2, 0.25) is 0 Å². The van der Waals surface area contributed by atoms with E-state index in [9.17, 15) is 4.79 Å². The largest absolute Gasteiger partial charge is 0.340 e. The topological polar surface area (TPSA) is 45.2 Å². The van der Waals surface area contributed by atoms with Crippen molar-refractivity contribution in [2.45, 2.75) is 13.3 Å². The van der Waals surface area contributed by atoms with Crippen LogP contribution in [-0.4, -0.2) is 17.4 Å². The van der Waals surface area contributed by atoms with E-state index in [1.54, 1.807) is 6.20 Å². The summed E-state index contributed by atoms with van der Waals surface area (Å²) in [7, 11) is 0. The number of hydrogen-bond acceptors (Lipinski definition) is 3. The second-order valence-corrected chi connectivity index (χ2v) is 6.23. The van der Waals surface area contributed by atoms with Crippen molar-refractivity contribution in [1.82, 2.24) is 4.98 Å². The second-order valence-electron chi connectivity index (χ2n) is 6.23. The van der Waals surface area contributed by atoms with Crippen molar-refractivity contribution in [1.29, 1.82) is 0 Å². The van der Waals surface area contributed by atoms with Gasteiger partial charge in [-0.3, -0.25) is 9.78 Å². The van der Waals surface area contributed by atoms with Crippen LogP contribution in [-0.2, 0) is 6.42 Å². The van der Waals surface area contributed by atoms with Gasteiger partial charge in [0, 0.05) is 24.1 Å². The molecule has 4 heteroatoms. The molecule has 0 aliphatic carbocycles. The minimum absolute atomic E-state index is 0.142. The first-order chi connectivity index (χ1) is 12.2. The quantitative estimate of drug-likeness (QED) is 0.777. The third kappa shape index (κ3) is 2.98. The predicted octanol–water partition coefficient (Wildman–Crippen LogP) is 4.34. The highest BCUT2D eigenvalue weighted by molar-refractivity contribution is 6.05. The zero-order valence-electron chi connectivity index (χ0n) is 14.1. The summed E-state index contributed by atoms with van der Waals surface area (Å²) in [6.07, 6.45) is 4.43. The first-order valence-corrected chi connectivity index (χ1v) is 8.40. The molecule has 4 nitrogen and oxygen atoms in total. The molecule has 2 heterocycles. The molecule has 0 bridgehead atoms. The lowest BCUT2D eigenvalue weighted by Gasteiger charge is -2.19. The van der Waals surface area contributed by atoms with Gasteiger partial charge in [-0.25, -0.2) is 0 Å². The molecule has 0 saturated heterocycles. The van der Waals surface area contributed by atoms with E-state index < -0.39 is 0 Å². The SMILES string of the molecule is Cc1ccccc1NC(=O)c1cncc(N2CCc3ccccc32)c1. The lowest BCUT2D eigenvalue weighted by atomic mass is 10.1. The summed E-state index contributed by atoms with van der Waals surface area (Å²) in [4.78, 5) is 19.1. The third-order valence-corrected chi connectivity index (χ3v) is 4.58. The van der Waals surface area contributed by atoms with Gasteiger partial charge in [0.15, 0.2) is 0 Å². The first kappa shape index (κ1) is 15.4. The van der Waals surface area contributed by atoms with Crippen LogP contribution in [0.2, 0.25) is 0 Å². The molecular weight excluding hydrogens is 310 g/mol. The van der Waals surface area contributed by atoms with Gasteiger partial charge < -0.3 is 10.2 Å². The molecule has 25 heavy (non-hydrogen) atoms. The van der Waals surface area contributed by atoms with Crippen LogP contribution in [0, 0.1) is 6.92 Å². The maximum Gasteiger partial charge on any atom is 0.257 e. The number of carbonyl (C=O) groups excluding carboxylic acids is 1. The molecule has 1 aromatic heterocycles. The summed E-state index contributed by atoms with van der Waals surface area (Å²) in [5.74, 6) is -0.142. The van der Waals surface area contributed by atoms with Crippen molar-refractivity contribution in [2.24, 2.45) is 0 Å². The molecule has 1 aliphatic rings. The fourth-order valence-corrected chi connectivity index (χ4v) is 3.21. The Hall–Kier alpha value is -3.14. The minimum Gasteiger partial charge on any atom is -0.340 e. The number of benzene rings is 2. The molecule has 3 aromatic rings. The molecule has 0 spiro atoms. The van der Waals surface area contributed by atoms with E-state index in [-0.39, 0.29) is 5.91 Å². The summed E-state index contributed by atoms with van der Waals surface area (Å²) in [5, 5.41) is 2.97. The van der Waals surface area contributed by atoms with Gasteiger partial charge in [-0.05, 0) is 42.7 Å². The highest BCUT2D eigenvalue weighted by Crippen LogP contribution is 2.34. The summed E-state index contributed by atoms with van der Waals surface area (Å²) in [6, 6.07) is 18.0. The molecule has 2 aromatic carbocycles. The van der Waals surface area contributed by atoms with Gasteiger partial charge in [0.05, 0.1) is 17.4 Å². The van der Waals surface area contributed by atoms with Crippen LogP contribution in [0.15, 0.2) is 67.0 Å². The lowest BCUT2D eigenvalue weighted by molar-refractivity contribution is 0.102. The van der Waals surface area contributed by atoms with Gasteiger partial charge >= 0.3 is 0 Å². The van der Waals surface area contributed by atoms with Crippen molar-refractivity contribution in [3.8, 4) is 0 Å². The maximum absolute atomic E-state index is 12.6. The van der Waals surface area contributed by atoms with E-state index >= 15 is 0 Å². The summed E-state index contributed by atoms with van der Waals surface area (Å²) in [5.41, 5.74) is 5.89. The van der Waals surface area contributed by atoms with Crippen LogP contribution in [0.25, 0.3) is 0 Å². The molecule has 0 atom stereocenters. The van der Waals surface area contributed by atoms with Gasteiger partial charge in [0.25, 0.3) is 5.91 Å². The number of carbonyl (C=O) groups is 1. The lowest BCUT2D eigenvalue weighted by Crippen LogP contribution is -2.17. The van der Waals surface area contributed by atoms with Crippen molar-refractivity contribution in [3.05, 3.63) is 83.7 Å². The van der Waals surface area contributed by atoms with Crippen molar-refractivity contribution >= 4 is 23.0 Å². The Labute approximate surface area is 147 Å². The highest BCUT2D eigenvalue weighted by Gasteiger charge is 2.21. The number of aryl methyl sites for hydroxylation is 1. The number of rotatable bonds is 3. The Morgan fingerprint density at radius 2 is 1.88 bits per heavy atom. The van der Waals surface area contributed by atoms with Crippen molar-refractivity contribution < 1.29 is 4.79 Å². The number of anilines is 3. The molecule has 0 unspecified atom stereocenters. The second kappa shape index (κ2) is 6.40. The fraction of sp³-hybridized carbons (Fsp3) is 0.143. The molecule has 1 aliphatic heterocycles.